The number of amides is 1. The molecule has 1 aromatic heterocycles. The van der Waals surface area contributed by atoms with E-state index < -0.39 is 12.3 Å². The van der Waals surface area contributed by atoms with E-state index in [0.717, 1.165) is 38.6 Å². The Morgan fingerprint density at radius 1 is 0.971 bits per heavy atom. The van der Waals surface area contributed by atoms with Crippen LogP contribution in [0.2, 0.25) is 0 Å². The predicted molar refractivity (Wildman–Crippen MR) is 141 cm³/mol. The van der Waals surface area contributed by atoms with Gasteiger partial charge in [0.1, 0.15) is 6.23 Å². The van der Waals surface area contributed by atoms with E-state index in [4.69, 9.17) is 5.11 Å². The van der Waals surface area contributed by atoms with Crippen molar-refractivity contribution in [3.63, 3.8) is 0 Å². The molecule has 0 saturated heterocycles. The number of hydrogen-bond acceptors (Lipinski definition) is 6. The van der Waals surface area contributed by atoms with E-state index in [2.05, 4.69) is 46.1 Å². The molecule has 1 amide bonds. The van der Waals surface area contributed by atoms with Gasteiger partial charge in [-0.2, -0.15) is 0 Å². The third-order valence-electron chi connectivity index (χ3n) is 5.68. The molecule has 3 atom stereocenters. The van der Waals surface area contributed by atoms with E-state index >= 15 is 0 Å². The van der Waals surface area contributed by atoms with Crippen molar-refractivity contribution in [2.45, 2.75) is 51.4 Å². The maximum Gasteiger partial charge on any atom is 0.251 e. The van der Waals surface area contributed by atoms with Gasteiger partial charge in [0, 0.05) is 36.8 Å². The zero-order chi connectivity index (χ0) is 25.5. The van der Waals surface area contributed by atoms with E-state index in [-0.39, 0.29) is 5.91 Å². The number of benzene rings is 2. The van der Waals surface area contributed by atoms with Crippen LogP contribution in [0, 0.1) is 0 Å². The van der Waals surface area contributed by atoms with Crippen molar-refractivity contribution in [2.75, 3.05) is 19.0 Å². The monoisotopic (exact) mass is 478 g/mol. The number of hydrogen-bond donors (Lipinski definition) is 5. The van der Waals surface area contributed by atoms with E-state index in [0.29, 0.717) is 11.6 Å². The summed E-state index contributed by atoms with van der Waals surface area (Å²) in [5.74, 6) is -0.207. The predicted octanol–water partition coefficient (Wildman–Crippen LogP) is 3.39. The molecule has 0 aliphatic rings. The van der Waals surface area contributed by atoms with Crippen LogP contribution in [0.3, 0.4) is 0 Å². The smallest absolute Gasteiger partial charge is 0.251 e. The molecule has 1 heterocycles. The first-order valence-electron chi connectivity index (χ1n) is 12.0. The Morgan fingerprint density at radius 2 is 1.69 bits per heavy atom. The van der Waals surface area contributed by atoms with Crippen molar-refractivity contribution in [3.05, 3.63) is 95.8 Å². The number of aromatic nitrogens is 1. The second-order valence-corrected chi connectivity index (χ2v) is 8.29. The summed E-state index contributed by atoms with van der Waals surface area (Å²) in [6.45, 7) is 4.89. The van der Waals surface area contributed by atoms with Gasteiger partial charge in [0.15, 0.2) is 0 Å². The standard InChI is InChI=1S/C27H34N4O2.CH4O/c1-3-24(29-17-15-22-8-7-16-28-19-22)18-21-11-13-25(14-12-21)31-26(32)20(2)30-27(33)23-9-5-4-6-10-23;1-2/h4-14,16,19-20,24,26,29,31-32H,3,15,17-18H2,1-2H3,(H,30,33);2H,1H3. The van der Waals surface area contributed by atoms with Crippen molar-refractivity contribution in [1.29, 1.82) is 0 Å². The molecule has 35 heavy (non-hydrogen) atoms. The fourth-order valence-corrected chi connectivity index (χ4v) is 3.60. The third kappa shape index (κ3) is 9.86. The Kier molecular flexibility index (Phi) is 12.5. The van der Waals surface area contributed by atoms with E-state index in [1.807, 2.05) is 42.6 Å². The summed E-state index contributed by atoms with van der Waals surface area (Å²) in [6, 6.07) is 21.1. The average molecular weight is 479 g/mol. The van der Waals surface area contributed by atoms with Gasteiger partial charge in [0.25, 0.3) is 5.91 Å². The Balaban J connectivity index is 0.00000210. The van der Waals surface area contributed by atoms with Crippen molar-refractivity contribution < 1.29 is 15.0 Å². The highest BCUT2D eigenvalue weighted by atomic mass is 16.3. The molecule has 0 bridgehead atoms. The molecule has 3 rings (SSSR count). The van der Waals surface area contributed by atoms with Crippen LogP contribution in [0.5, 0.6) is 0 Å². The van der Waals surface area contributed by atoms with Gasteiger partial charge >= 0.3 is 0 Å². The Labute approximate surface area is 208 Å². The maximum absolute atomic E-state index is 12.3. The molecule has 0 aliphatic heterocycles. The van der Waals surface area contributed by atoms with E-state index in [1.165, 1.54) is 11.1 Å². The number of anilines is 1. The van der Waals surface area contributed by atoms with Gasteiger partial charge in [-0.25, -0.2) is 0 Å². The van der Waals surface area contributed by atoms with Crippen LogP contribution in [0.1, 0.15) is 41.8 Å². The molecule has 3 unspecified atom stereocenters. The number of aliphatic hydroxyl groups excluding tert-OH is 2. The first kappa shape index (κ1) is 28.0. The van der Waals surface area contributed by atoms with Gasteiger partial charge in [0.05, 0.1) is 6.04 Å². The molecule has 0 spiro atoms. The number of nitrogens with one attached hydrogen (secondary N) is 3. The second-order valence-electron chi connectivity index (χ2n) is 8.29. The quantitative estimate of drug-likeness (QED) is 0.256. The lowest BCUT2D eigenvalue weighted by atomic mass is 10.0. The minimum Gasteiger partial charge on any atom is -0.400 e. The number of pyridine rings is 1. The number of nitrogens with zero attached hydrogens (tertiary/aromatic N) is 1. The summed E-state index contributed by atoms with van der Waals surface area (Å²) in [5, 5.41) is 27.0. The largest absolute Gasteiger partial charge is 0.400 e. The van der Waals surface area contributed by atoms with Gasteiger partial charge in [-0.05, 0) is 74.2 Å². The van der Waals surface area contributed by atoms with Crippen LogP contribution < -0.4 is 16.0 Å². The van der Waals surface area contributed by atoms with Gasteiger partial charge < -0.3 is 26.2 Å². The zero-order valence-corrected chi connectivity index (χ0v) is 20.8. The second kappa shape index (κ2) is 15.6. The lowest BCUT2D eigenvalue weighted by molar-refractivity contribution is 0.0882. The summed E-state index contributed by atoms with van der Waals surface area (Å²) in [7, 11) is 1.00. The first-order valence-corrected chi connectivity index (χ1v) is 12.0. The number of carbonyl (C=O) groups excluding carboxylic acids is 1. The highest BCUT2D eigenvalue weighted by molar-refractivity contribution is 5.94. The molecule has 3 aromatic rings. The molecule has 0 fully saturated rings. The number of rotatable bonds is 12. The molecule has 7 nitrogen and oxygen atoms in total. The van der Waals surface area contributed by atoms with Crippen molar-refractivity contribution in [3.8, 4) is 0 Å². The Bertz CT molecular complexity index is 969. The topological polar surface area (TPSA) is 107 Å². The first-order chi connectivity index (χ1) is 17.0. The summed E-state index contributed by atoms with van der Waals surface area (Å²) < 4.78 is 0. The fraction of sp³-hybridized carbons (Fsp3) is 0.357. The van der Waals surface area contributed by atoms with Crippen LogP contribution in [-0.4, -0.2) is 53.1 Å². The van der Waals surface area contributed by atoms with Crippen molar-refractivity contribution in [2.24, 2.45) is 0 Å². The highest BCUT2D eigenvalue weighted by Crippen LogP contribution is 2.14. The van der Waals surface area contributed by atoms with Crippen LogP contribution in [0.15, 0.2) is 79.1 Å². The molecule has 0 aliphatic carbocycles. The molecule has 0 saturated carbocycles. The molecular weight excluding hydrogens is 440 g/mol. The molecule has 7 heteroatoms. The van der Waals surface area contributed by atoms with Crippen LogP contribution in [0.25, 0.3) is 0 Å². The zero-order valence-electron chi connectivity index (χ0n) is 20.8. The fourth-order valence-electron chi connectivity index (χ4n) is 3.60. The number of carbonyl (C=O) groups is 1. The minimum absolute atomic E-state index is 0.207. The molecule has 0 radical (unpaired) electrons. The SMILES string of the molecule is CCC(Cc1ccc(NC(O)C(C)NC(=O)c2ccccc2)cc1)NCCc1cccnc1.CO. The summed E-state index contributed by atoms with van der Waals surface area (Å²) in [6.07, 6.45) is 5.76. The maximum atomic E-state index is 12.3. The van der Waals surface area contributed by atoms with E-state index in [9.17, 15) is 9.90 Å². The highest BCUT2D eigenvalue weighted by Gasteiger charge is 2.17. The summed E-state index contributed by atoms with van der Waals surface area (Å²) in [4.78, 5) is 16.4. The van der Waals surface area contributed by atoms with Crippen LogP contribution in [0.4, 0.5) is 5.69 Å². The van der Waals surface area contributed by atoms with Crippen molar-refractivity contribution in [1.82, 2.24) is 15.6 Å². The van der Waals surface area contributed by atoms with Crippen LogP contribution in [-0.2, 0) is 12.8 Å². The van der Waals surface area contributed by atoms with Gasteiger partial charge in [0.2, 0.25) is 0 Å². The van der Waals surface area contributed by atoms with Gasteiger partial charge in [-0.3, -0.25) is 9.78 Å². The molecular formula is C28H38N4O3. The summed E-state index contributed by atoms with van der Waals surface area (Å²) >= 11 is 0. The number of aliphatic hydroxyl groups is 2. The Morgan fingerprint density at radius 3 is 2.31 bits per heavy atom. The lowest BCUT2D eigenvalue weighted by Crippen LogP contribution is -2.44. The summed E-state index contributed by atoms with van der Waals surface area (Å²) in [5.41, 5.74) is 3.86. The van der Waals surface area contributed by atoms with Gasteiger partial charge in [-0.1, -0.05) is 43.3 Å². The third-order valence-corrected chi connectivity index (χ3v) is 5.68. The van der Waals surface area contributed by atoms with E-state index in [1.54, 1.807) is 25.3 Å². The molecule has 5 N–H and O–H groups in total. The molecule has 188 valence electrons. The minimum atomic E-state index is -0.902. The Hall–Kier alpha value is -3.26. The normalized spacial score (nSPS) is 13.1. The van der Waals surface area contributed by atoms with Crippen molar-refractivity contribution >= 4 is 11.6 Å². The van der Waals surface area contributed by atoms with Crippen LogP contribution >= 0.6 is 0 Å². The molecule has 2 aromatic carbocycles. The lowest BCUT2D eigenvalue weighted by Gasteiger charge is -2.22. The van der Waals surface area contributed by atoms with Gasteiger partial charge in [-0.15, -0.1) is 0 Å². The average Bonchev–Trinajstić information content (AvgIpc) is 2.91.